The van der Waals surface area contributed by atoms with E-state index in [1.807, 2.05) is 0 Å². The lowest BCUT2D eigenvalue weighted by Crippen LogP contribution is -2.28. The number of carbonyl (C=O) groups is 2. The van der Waals surface area contributed by atoms with E-state index < -0.39 is 34.1 Å². The van der Waals surface area contributed by atoms with Crippen molar-refractivity contribution in [3.05, 3.63) is 53.4 Å². The van der Waals surface area contributed by atoms with Gasteiger partial charge in [0.05, 0.1) is 29.9 Å². The number of carbonyl (C=O) groups excluding carboxylic acids is 2. The molecule has 2 rings (SSSR count). The van der Waals surface area contributed by atoms with Crippen LogP contribution in [0.2, 0.25) is 5.02 Å². The lowest BCUT2D eigenvalue weighted by Gasteiger charge is -2.06. The predicted octanol–water partition coefficient (Wildman–Crippen LogP) is 1.96. The molecule has 25 heavy (non-hydrogen) atoms. The average Bonchev–Trinajstić information content (AvgIpc) is 3.10. The molecular weight excluding hydrogens is 370 g/mol. The summed E-state index contributed by atoms with van der Waals surface area (Å²) >= 11 is 5.71. The Labute approximate surface area is 149 Å². The maximum Gasteiger partial charge on any atom is 0.307 e. The van der Waals surface area contributed by atoms with Crippen LogP contribution in [-0.2, 0) is 30.7 Å². The molecule has 134 valence electrons. The molecule has 0 spiro atoms. The second-order valence-corrected chi connectivity index (χ2v) is 7.59. The second kappa shape index (κ2) is 8.68. The van der Waals surface area contributed by atoms with Gasteiger partial charge in [-0.25, -0.2) is 8.42 Å². The standard InChI is InChI=1S/C16H16ClNO6S/c17-12-3-5-14(6-4-12)25(21,22)9-7-16(20)24-11-15(19)18-10-13-2-1-8-23-13/h1-6,8H,7,9-11H2,(H,18,19). The normalized spacial score (nSPS) is 11.1. The third kappa shape index (κ3) is 6.24. The summed E-state index contributed by atoms with van der Waals surface area (Å²) in [5, 5.41) is 2.92. The van der Waals surface area contributed by atoms with Gasteiger partial charge in [-0.2, -0.15) is 0 Å². The van der Waals surface area contributed by atoms with E-state index in [0.29, 0.717) is 10.8 Å². The Kier molecular flexibility index (Phi) is 6.60. The monoisotopic (exact) mass is 385 g/mol. The molecule has 0 aliphatic heterocycles. The van der Waals surface area contributed by atoms with Crippen molar-refractivity contribution in [3.63, 3.8) is 0 Å². The number of sulfone groups is 1. The molecule has 0 atom stereocenters. The highest BCUT2D eigenvalue weighted by molar-refractivity contribution is 7.91. The number of halogens is 1. The molecule has 0 fully saturated rings. The molecule has 0 aliphatic carbocycles. The number of rotatable bonds is 8. The van der Waals surface area contributed by atoms with Gasteiger partial charge in [-0.1, -0.05) is 11.6 Å². The molecule has 1 N–H and O–H groups in total. The highest BCUT2D eigenvalue weighted by Gasteiger charge is 2.17. The molecule has 0 unspecified atom stereocenters. The number of amides is 1. The summed E-state index contributed by atoms with van der Waals surface area (Å²) in [6.45, 7) is -0.311. The van der Waals surface area contributed by atoms with Crippen LogP contribution in [-0.4, -0.2) is 32.7 Å². The number of ether oxygens (including phenoxy) is 1. The third-order valence-corrected chi connectivity index (χ3v) is 5.14. The largest absolute Gasteiger partial charge is 0.467 e. The maximum absolute atomic E-state index is 12.1. The van der Waals surface area contributed by atoms with Crippen LogP contribution in [0.5, 0.6) is 0 Å². The quantitative estimate of drug-likeness (QED) is 0.697. The van der Waals surface area contributed by atoms with Crippen LogP contribution in [0.25, 0.3) is 0 Å². The first-order valence-corrected chi connectivity index (χ1v) is 9.33. The smallest absolute Gasteiger partial charge is 0.307 e. The van der Waals surface area contributed by atoms with E-state index in [-0.39, 0.29) is 17.9 Å². The van der Waals surface area contributed by atoms with Gasteiger partial charge in [0.15, 0.2) is 16.4 Å². The Balaban J connectivity index is 1.72. The predicted molar refractivity (Wildman–Crippen MR) is 89.6 cm³/mol. The van der Waals surface area contributed by atoms with E-state index in [1.165, 1.54) is 30.5 Å². The molecule has 7 nitrogen and oxygen atoms in total. The zero-order chi connectivity index (χ0) is 18.3. The zero-order valence-electron chi connectivity index (χ0n) is 13.1. The van der Waals surface area contributed by atoms with Crippen LogP contribution in [0.4, 0.5) is 0 Å². The summed E-state index contributed by atoms with van der Waals surface area (Å²) in [6, 6.07) is 9.01. The van der Waals surface area contributed by atoms with E-state index in [4.69, 9.17) is 20.8 Å². The van der Waals surface area contributed by atoms with Crippen LogP contribution in [0.1, 0.15) is 12.2 Å². The molecule has 0 saturated heterocycles. The molecule has 9 heteroatoms. The molecule has 1 aromatic heterocycles. The summed E-state index contributed by atoms with van der Waals surface area (Å²) < 4.78 is 34.0. The van der Waals surface area contributed by atoms with Gasteiger partial charge in [0.2, 0.25) is 0 Å². The van der Waals surface area contributed by atoms with Gasteiger partial charge < -0.3 is 14.5 Å². The van der Waals surface area contributed by atoms with Crippen molar-refractivity contribution in [1.82, 2.24) is 5.32 Å². The molecule has 1 amide bonds. The van der Waals surface area contributed by atoms with Crippen LogP contribution < -0.4 is 5.32 Å². The number of hydrogen-bond donors (Lipinski definition) is 1. The molecule has 0 aliphatic rings. The number of benzene rings is 1. The minimum atomic E-state index is -3.62. The first-order valence-electron chi connectivity index (χ1n) is 7.30. The number of furan rings is 1. The number of hydrogen-bond acceptors (Lipinski definition) is 6. The summed E-state index contributed by atoms with van der Waals surface area (Å²) in [5.41, 5.74) is 0. The van der Waals surface area contributed by atoms with E-state index >= 15 is 0 Å². The minimum absolute atomic E-state index is 0.0703. The summed E-state index contributed by atoms with van der Waals surface area (Å²) in [7, 11) is -3.62. The third-order valence-electron chi connectivity index (χ3n) is 3.15. The summed E-state index contributed by atoms with van der Waals surface area (Å²) in [5.74, 6) is -1.13. The van der Waals surface area contributed by atoms with Crippen molar-refractivity contribution in [2.75, 3.05) is 12.4 Å². The van der Waals surface area contributed by atoms with Gasteiger partial charge in [-0.3, -0.25) is 9.59 Å². The molecule has 0 radical (unpaired) electrons. The van der Waals surface area contributed by atoms with Crippen molar-refractivity contribution in [2.24, 2.45) is 0 Å². The first-order chi connectivity index (χ1) is 11.9. The lowest BCUT2D eigenvalue weighted by atomic mass is 10.4. The summed E-state index contributed by atoms with van der Waals surface area (Å²) in [4.78, 5) is 23.2. The molecule has 0 saturated carbocycles. The van der Waals surface area contributed by atoms with Crippen molar-refractivity contribution < 1.29 is 27.2 Å². The van der Waals surface area contributed by atoms with Crippen molar-refractivity contribution >= 4 is 33.3 Å². The minimum Gasteiger partial charge on any atom is -0.467 e. The van der Waals surface area contributed by atoms with E-state index in [9.17, 15) is 18.0 Å². The van der Waals surface area contributed by atoms with Gasteiger partial charge in [0, 0.05) is 5.02 Å². The number of esters is 1. The molecule has 0 bridgehead atoms. The molecule has 1 heterocycles. The first kappa shape index (κ1) is 19.0. The van der Waals surface area contributed by atoms with Crippen LogP contribution in [0, 0.1) is 0 Å². The zero-order valence-corrected chi connectivity index (χ0v) is 14.7. The van der Waals surface area contributed by atoms with Crippen molar-refractivity contribution in [1.29, 1.82) is 0 Å². The van der Waals surface area contributed by atoms with Crippen LogP contribution in [0.3, 0.4) is 0 Å². The Hall–Kier alpha value is -2.32. The van der Waals surface area contributed by atoms with Gasteiger partial charge >= 0.3 is 5.97 Å². The average molecular weight is 386 g/mol. The van der Waals surface area contributed by atoms with Crippen molar-refractivity contribution in [3.8, 4) is 0 Å². The van der Waals surface area contributed by atoms with Crippen LogP contribution >= 0.6 is 11.6 Å². The fraction of sp³-hybridized carbons (Fsp3) is 0.250. The topological polar surface area (TPSA) is 103 Å². The second-order valence-electron chi connectivity index (χ2n) is 5.04. The van der Waals surface area contributed by atoms with Crippen molar-refractivity contribution in [2.45, 2.75) is 17.9 Å². The lowest BCUT2D eigenvalue weighted by molar-refractivity contribution is -0.148. The molecule has 1 aromatic carbocycles. The Morgan fingerprint density at radius 3 is 2.52 bits per heavy atom. The fourth-order valence-electron chi connectivity index (χ4n) is 1.85. The van der Waals surface area contributed by atoms with Crippen LogP contribution in [0.15, 0.2) is 52.0 Å². The Bertz CT molecular complexity index is 815. The highest BCUT2D eigenvalue weighted by Crippen LogP contribution is 2.16. The van der Waals surface area contributed by atoms with Gasteiger partial charge in [-0.05, 0) is 36.4 Å². The van der Waals surface area contributed by atoms with Gasteiger partial charge in [0.25, 0.3) is 5.91 Å². The maximum atomic E-state index is 12.1. The molecule has 2 aromatic rings. The molecular formula is C16H16ClNO6S. The van der Waals surface area contributed by atoms with E-state index in [2.05, 4.69) is 5.32 Å². The fourth-order valence-corrected chi connectivity index (χ4v) is 3.19. The Morgan fingerprint density at radius 2 is 1.88 bits per heavy atom. The van der Waals surface area contributed by atoms with Gasteiger partial charge in [0.1, 0.15) is 5.76 Å². The van der Waals surface area contributed by atoms with Gasteiger partial charge in [-0.15, -0.1) is 0 Å². The SMILES string of the molecule is O=C(COC(=O)CCS(=O)(=O)c1ccc(Cl)cc1)NCc1ccco1. The van der Waals surface area contributed by atoms with E-state index in [0.717, 1.165) is 0 Å². The van der Waals surface area contributed by atoms with E-state index in [1.54, 1.807) is 12.1 Å². The summed E-state index contributed by atoms with van der Waals surface area (Å²) in [6.07, 6.45) is 1.12. The highest BCUT2D eigenvalue weighted by atomic mass is 35.5. The Morgan fingerprint density at radius 1 is 1.16 bits per heavy atom. The number of nitrogens with one attached hydrogen (secondary N) is 1.